The molecule has 0 aromatic heterocycles. The summed E-state index contributed by atoms with van der Waals surface area (Å²) in [7, 11) is 0. The molecule has 0 saturated carbocycles. The van der Waals surface area contributed by atoms with Gasteiger partial charge in [-0.3, -0.25) is 4.79 Å². The molecular formula is C21H18N2O2. The van der Waals surface area contributed by atoms with Crippen molar-refractivity contribution < 1.29 is 9.53 Å². The number of benzene rings is 2. The predicted molar refractivity (Wildman–Crippen MR) is 98.0 cm³/mol. The van der Waals surface area contributed by atoms with Gasteiger partial charge in [0.05, 0.1) is 0 Å². The van der Waals surface area contributed by atoms with Crippen LogP contribution in [-0.2, 0) is 4.79 Å². The van der Waals surface area contributed by atoms with Crippen molar-refractivity contribution in [2.24, 2.45) is 0 Å². The Labute approximate surface area is 147 Å². The van der Waals surface area contributed by atoms with Crippen molar-refractivity contribution in [2.75, 3.05) is 5.32 Å². The van der Waals surface area contributed by atoms with Gasteiger partial charge in [0.2, 0.25) is 0 Å². The van der Waals surface area contributed by atoms with Gasteiger partial charge < -0.3 is 10.1 Å². The maximum atomic E-state index is 12.4. The van der Waals surface area contributed by atoms with Crippen LogP contribution >= 0.6 is 0 Å². The number of nitrogens with one attached hydrogen (secondary N) is 1. The van der Waals surface area contributed by atoms with Crippen LogP contribution in [-0.4, -0.2) is 12.0 Å². The number of amides is 1. The van der Waals surface area contributed by atoms with Crippen LogP contribution in [0.25, 0.3) is 6.08 Å². The van der Waals surface area contributed by atoms with Gasteiger partial charge in [-0.15, -0.1) is 0 Å². The van der Waals surface area contributed by atoms with E-state index in [0.717, 1.165) is 22.4 Å². The zero-order valence-corrected chi connectivity index (χ0v) is 14.1. The van der Waals surface area contributed by atoms with Gasteiger partial charge in [-0.25, -0.2) is 0 Å². The smallest absolute Gasteiger partial charge is 0.266 e. The molecule has 124 valence electrons. The summed E-state index contributed by atoms with van der Waals surface area (Å²) in [6.45, 7) is 3.87. The highest BCUT2D eigenvalue weighted by Gasteiger charge is 2.19. The van der Waals surface area contributed by atoms with Crippen LogP contribution < -0.4 is 10.1 Å². The molecule has 0 saturated heterocycles. The molecule has 2 aromatic rings. The van der Waals surface area contributed by atoms with Crippen molar-refractivity contribution in [1.82, 2.24) is 0 Å². The molecule has 25 heavy (non-hydrogen) atoms. The number of para-hydroxylation sites is 1. The predicted octanol–water partition coefficient (Wildman–Crippen LogP) is 4.25. The molecule has 0 aliphatic carbocycles. The van der Waals surface area contributed by atoms with Crippen molar-refractivity contribution >= 4 is 17.7 Å². The Morgan fingerprint density at radius 1 is 1.20 bits per heavy atom. The molecule has 0 spiro atoms. The van der Waals surface area contributed by atoms with Crippen LogP contribution in [0.1, 0.15) is 18.1 Å². The summed E-state index contributed by atoms with van der Waals surface area (Å²) in [5.41, 5.74) is 3.52. The van der Waals surface area contributed by atoms with Gasteiger partial charge in [0.1, 0.15) is 23.5 Å². The molecule has 1 heterocycles. The molecule has 1 aliphatic rings. The SMILES string of the molecule is Cc1ccc(NC(=O)C(C#N)=CC2=Cc3ccccc3OC2C)cc1. The van der Waals surface area contributed by atoms with Gasteiger partial charge in [0.15, 0.2) is 0 Å². The number of nitriles is 1. The maximum absolute atomic E-state index is 12.4. The number of nitrogens with zero attached hydrogens (tertiary/aromatic N) is 1. The third kappa shape index (κ3) is 3.78. The van der Waals surface area contributed by atoms with E-state index in [0.29, 0.717) is 5.69 Å². The van der Waals surface area contributed by atoms with E-state index in [1.165, 1.54) is 0 Å². The van der Waals surface area contributed by atoms with Crippen LogP contribution in [0.4, 0.5) is 5.69 Å². The van der Waals surface area contributed by atoms with E-state index in [1.807, 2.05) is 74.5 Å². The summed E-state index contributed by atoms with van der Waals surface area (Å²) < 4.78 is 5.85. The molecule has 1 atom stereocenters. The Morgan fingerprint density at radius 2 is 1.92 bits per heavy atom. The van der Waals surface area contributed by atoms with E-state index in [-0.39, 0.29) is 11.7 Å². The number of rotatable bonds is 3. The molecule has 4 nitrogen and oxygen atoms in total. The lowest BCUT2D eigenvalue weighted by Gasteiger charge is -2.23. The van der Waals surface area contributed by atoms with Crippen LogP contribution in [0.2, 0.25) is 0 Å². The number of anilines is 1. The number of fused-ring (bicyclic) bond motifs is 1. The van der Waals surface area contributed by atoms with Gasteiger partial charge >= 0.3 is 0 Å². The zero-order valence-electron chi connectivity index (χ0n) is 14.1. The Hall–Kier alpha value is -3.32. The molecule has 2 aromatic carbocycles. The van der Waals surface area contributed by atoms with Crippen molar-refractivity contribution in [2.45, 2.75) is 20.0 Å². The van der Waals surface area contributed by atoms with E-state index in [2.05, 4.69) is 5.32 Å². The van der Waals surface area contributed by atoms with Gasteiger partial charge in [-0.1, -0.05) is 35.9 Å². The molecule has 0 radical (unpaired) electrons. The van der Waals surface area contributed by atoms with E-state index in [9.17, 15) is 10.1 Å². The number of aryl methyl sites for hydroxylation is 1. The highest BCUT2D eigenvalue weighted by molar-refractivity contribution is 6.07. The Bertz CT molecular complexity index is 902. The molecule has 0 bridgehead atoms. The second-order valence-corrected chi connectivity index (χ2v) is 5.93. The first-order valence-corrected chi connectivity index (χ1v) is 8.04. The quantitative estimate of drug-likeness (QED) is 0.676. The first-order chi connectivity index (χ1) is 12.1. The molecule has 1 N–H and O–H groups in total. The summed E-state index contributed by atoms with van der Waals surface area (Å²) in [5.74, 6) is 0.369. The lowest BCUT2D eigenvalue weighted by Crippen LogP contribution is -2.20. The molecule has 4 heteroatoms. The first kappa shape index (κ1) is 16.5. The van der Waals surface area contributed by atoms with Gasteiger partial charge in [-0.05, 0) is 49.8 Å². The van der Waals surface area contributed by atoms with E-state index in [1.54, 1.807) is 6.08 Å². The third-order valence-corrected chi connectivity index (χ3v) is 4.00. The van der Waals surface area contributed by atoms with Crippen molar-refractivity contribution in [3.8, 4) is 11.8 Å². The fraction of sp³-hybridized carbons (Fsp3) is 0.143. The fourth-order valence-electron chi connectivity index (χ4n) is 2.57. The fourth-order valence-corrected chi connectivity index (χ4v) is 2.57. The normalized spacial score (nSPS) is 16.1. The van der Waals surface area contributed by atoms with Crippen molar-refractivity contribution in [3.05, 3.63) is 76.9 Å². The second-order valence-electron chi connectivity index (χ2n) is 5.93. The number of hydrogen-bond acceptors (Lipinski definition) is 3. The van der Waals surface area contributed by atoms with Crippen LogP contribution in [0.15, 0.2) is 65.8 Å². The van der Waals surface area contributed by atoms with E-state index >= 15 is 0 Å². The highest BCUT2D eigenvalue weighted by Crippen LogP contribution is 2.30. The maximum Gasteiger partial charge on any atom is 0.266 e. The average Bonchev–Trinajstić information content (AvgIpc) is 2.61. The number of ether oxygens (including phenoxy) is 1. The lowest BCUT2D eigenvalue weighted by atomic mass is 10.0. The van der Waals surface area contributed by atoms with Crippen LogP contribution in [0.5, 0.6) is 5.75 Å². The molecule has 3 rings (SSSR count). The topological polar surface area (TPSA) is 62.1 Å². The van der Waals surface area contributed by atoms with E-state index in [4.69, 9.17) is 4.74 Å². The largest absolute Gasteiger partial charge is 0.485 e. The third-order valence-electron chi connectivity index (χ3n) is 4.00. The number of carbonyl (C=O) groups excluding carboxylic acids is 1. The minimum Gasteiger partial charge on any atom is -0.485 e. The number of hydrogen-bond donors (Lipinski definition) is 1. The first-order valence-electron chi connectivity index (χ1n) is 8.04. The summed E-state index contributed by atoms with van der Waals surface area (Å²) in [6.07, 6.45) is 3.30. The summed E-state index contributed by atoms with van der Waals surface area (Å²) in [4.78, 5) is 12.4. The zero-order chi connectivity index (χ0) is 17.8. The van der Waals surface area contributed by atoms with Crippen molar-refractivity contribution in [3.63, 3.8) is 0 Å². The second kappa shape index (κ2) is 7.06. The van der Waals surface area contributed by atoms with Crippen molar-refractivity contribution in [1.29, 1.82) is 5.26 Å². The van der Waals surface area contributed by atoms with Crippen LogP contribution in [0.3, 0.4) is 0 Å². The number of carbonyl (C=O) groups is 1. The highest BCUT2D eigenvalue weighted by atomic mass is 16.5. The van der Waals surface area contributed by atoms with E-state index < -0.39 is 5.91 Å². The summed E-state index contributed by atoms with van der Waals surface area (Å²) in [5, 5.41) is 12.1. The van der Waals surface area contributed by atoms with Gasteiger partial charge in [0.25, 0.3) is 5.91 Å². The molecule has 1 unspecified atom stereocenters. The Morgan fingerprint density at radius 3 is 2.64 bits per heavy atom. The van der Waals surface area contributed by atoms with Gasteiger partial charge in [-0.2, -0.15) is 5.26 Å². The Kier molecular flexibility index (Phi) is 4.67. The molecule has 1 aliphatic heterocycles. The van der Waals surface area contributed by atoms with Gasteiger partial charge in [0, 0.05) is 11.3 Å². The summed E-state index contributed by atoms with van der Waals surface area (Å²) in [6, 6.07) is 17.1. The molecular weight excluding hydrogens is 312 g/mol. The minimum atomic E-state index is -0.432. The average molecular weight is 330 g/mol. The Balaban J connectivity index is 1.85. The minimum absolute atomic E-state index is 0.0432. The lowest BCUT2D eigenvalue weighted by molar-refractivity contribution is -0.112. The van der Waals surface area contributed by atoms with Crippen LogP contribution in [0, 0.1) is 18.3 Å². The monoisotopic (exact) mass is 330 g/mol. The molecule has 0 fully saturated rings. The molecule has 1 amide bonds. The summed E-state index contributed by atoms with van der Waals surface area (Å²) >= 11 is 0. The standard InChI is InChI=1S/C21H18N2O2/c1-14-7-9-19(10-8-14)23-21(24)18(13-22)12-17-11-16-5-3-4-6-20(16)25-15(17)2/h3-12,15H,1-2H3,(H,23,24).